The number of carbonyl (C=O) groups excluding carboxylic acids is 2. The third-order valence-electron chi connectivity index (χ3n) is 6.18. The Bertz CT molecular complexity index is 1410. The van der Waals surface area contributed by atoms with Crippen LogP contribution in [0.1, 0.15) is 28.9 Å². The van der Waals surface area contributed by atoms with Gasteiger partial charge in [0.25, 0.3) is 5.91 Å². The number of nitrogen functional groups attached to an aromatic ring is 1. The quantitative estimate of drug-likeness (QED) is 0.399. The number of nitrogens with two attached hydrogens (primary N) is 1. The van der Waals surface area contributed by atoms with E-state index in [0.717, 1.165) is 27.9 Å². The molecule has 9 nitrogen and oxygen atoms in total. The van der Waals surface area contributed by atoms with Crippen molar-refractivity contribution in [1.29, 1.82) is 0 Å². The Morgan fingerprint density at radius 3 is 2.65 bits per heavy atom. The maximum Gasteiger partial charge on any atom is 0.256 e. The molecule has 4 N–H and O–H groups in total. The summed E-state index contributed by atoms with van der Waals surface area (Å²) in [5.74, 6) is 0.406. The average Bonchev–Trinajstić information content (AvgIpc) is 3.35. The van der Waals surface area contributed by atoms with Crippen LogP contribution in [0.15, 0.2) is 67.6 Å². The maximum atomic E-state index is 12.6. The monoisotopic (exact) mass is 453 g/mol. The molecular weight excluding hydrogens is 430 g/mol. The number of nitrogens with zero attached hydrogens (tertiary/aromatic N) is 4. The lowest BCUT2D eigenvalue weighted by atomic mass is 9.93. The molecule has 0 bridgehead atoms. The third kappa shape index (κ3) is 3.57. The van der Waals surface area contributed by atoms with Crippen LogP contribution in [-0.2, 0) is 11.3 Å². The minimum atomic E-state index is -0.249. The van der Waals surface area contributed by atoms with E-state index in [0.29, 0.717) is 23.7 Å². The number of anilines is 2. The van der Waals surface area contributed by atoms with Crippen molar-refractivity contribution in [2.75, 3.05) is 11.1 Å². The van der Waals surface area contributed by atoms with Gasteiger partial charge in [-0.1, -0.05) is 31.7 Å². The normalized spacial score (nSPS) is 16.7. The second kappa shape index (κ2) is 8.43. The Hall–Kier alpha value is -4.53. The van der Waals surface area contributed by atoms with Crippen LogP contribution in [0.4, 0.5) is 11.6 Å². The van der Waals surface area contributed by atoms with Gasteiger partial charge in [0.15, 0.2) is 0 Å². The van der Waals surface area contributed by atoms with Crippen molar-refractivity contribution in [3.63, 3.8) is 0 Å². The molecule has 0 saturated heterocycles. The molecule has 2 unspecified atom stereocenters. The first kappa shape index (κ1) is 21.3. The van der Waals surface area contributed by atoms with E-state index >= 15 is 0 Å². The van der Waals surface area contributed by atoms with Crippen molar-refractivity contribution in [2.45, 2.75) is 25.4 Å². The number of carbonyl (C=O) groups is 2. The highest BCUT2D eigenvalue weighted by molar-refractivity contribution is 6.06. The molecule has 1 aliphatic heterocycles. The molecule has 34 heavy (non-hydrogen) atoms. The van der Waals surface area contributed by atoms with Gasteiger partial charge < -0.3 is 20.9 Å². The van der Waals surface area contributed by atoms with E-state index in [1.165, 1.54) is 12.4 Å². The topological polar surface area (TPSA) is 128 Å². The zero-order valence-electron chi connectivity index (χ0n) is 18.5. The van der Waals surface area contributed by atoms with Crippen LogP contribution >= 0.6 is 0 Å². The number of hydrogen-bond acceptors (Lipinski definition) is 6. The maximum absolute atomic E-state index is 12.6. The smallest absolute Gasteiger partial charge is 0.256 e. The molecule has 1 aromatic carbocycles. The summed E-state index contributed by atoms with van der Waals surface area (Å²) < 4.78 is 2.09. The van der Waals surface area contributed by atoms with Crippen molar-refractivity contribution in [3.05, 3.63) is 78.9 Å². The third-order valence-corrected chi connectivity index (χ3v) is 6.18. The average molecular weight is 454 g/mol. The number of fused-ring (bicyclic) bond motifs is 3. The van der Waals surface area contributed by atoms with Crippen LogP contribution in [0.25, 0.3) is 22.2 Å². The van der Waals surface area contributed by atoms with Crippen molar-refractivity contribution in [1.82, 2.24) is 24.8 Å². The number of nitrogens with one attached hydrogen (secondary N) is 2. The molecule has 1 aliphatic rings. The molecule has 0 aliphatic carbocycles. The summed E-state index contributed by atoms with van der Waals surface area (Å²) >= 11 is 0. The first-order valence-electron chi connectivity index (χ1n) is 10.9. The van der Waals surface area contributed by atoms with E-state index in [9.17, 15) is 9.59 Å². The van der Waals surface area contributed by atoms with E-state index in [4.69, 9.17) is 5.73 Å². The van der Waals surface area contributed by atoms with Gasteiger partial charge in [-0.2, -0.15) is 0 Å². The van der Waals surface area contributed by atoms with Gasteiger partial charge in [-0.25, -0.2) is 15.0 Å². The SMILES string of the molecule is C=CC(=O)NC1Cn2c(c(-c3ccc(C(=O)Nc4ccccn4)cc3)c3c(N)ncnc32)C1C. The van der Waals surface area contributed by atoms with Gasteiger partial charge in [0.05, 0.1) is 11.4 Å². The summed E-state index contributed by atoms with van der Waals surface area (Å²) in [4.78, 5) is 37.4. The van der Waals surface area contributed by atoms with E-state index in [1.54, 1.807) is 30.5 Å². The van der Waals surface area contributed by atoms with Crippen LogP contribution in [0.5, 0.6) is 0 Å². The Morgan fingerprint density at radius 2 is 1.94 bits per heavy atom. The van der Waals surface area contributed by atoms with Crippen LogP contribution in [0.3, 0.4) is 0 Å². The Kier molecular flexibility index (Phi) is 5.29. The van der Waals surface area contributed by atoms with Crippen LogP contribution in [0, 0.1) is 0 Å². The van der Waals surface area contributed by atoms with Crippen molar-refractivity contribution < 1.29 is 9.59 Å². The number of amides is 2. The largest absolute Gasteiger partial charge is 0.383 e. The fraction of sp³-hybridized carbons (Fsp3) is 0.160. The first-order chi connectivity index (χ1) is 16.5. The molecule has 0 fully saturated rings. The molecule has 9 heteroatoms. The van der Waals surface area contributed by atoms with Gasteiger partial charge in [0.1, 0.15) is 23.6 Å². The van der Waals surface area contributed by atoms with E-state index in [1.807, 2.05) is 18.2 Å². The van der Waals surface area contributed by atoms with Gasteiger partial charge in [-0.15, -0.1) is 0 Å². The van der Waals surface area contributed by atoms with Crippen LogP contribution in [0.2, 0.25) is 0 Å². The van der Waals surface area contributed by atoms with E-state index < -0.39 is 0 Å². The zero-order valence-corrected chi connectivity index (χ0v) is 18.5. The minimum Gasteiger partial charge on any atom is -0.383 e. The molecular formula is C25H23N7O2. The van der Waals surface area contributed by atoms with Gasteiger partial charge in [0.2, 0.25) is 5.91 Å². The number of pyridine rings is 1. The zero-order chi connectivity index (χ0) is 23.8. The predicted octanol–water partition coefficient (Wildman–Crippen LogP) is 3.12. The van der Waals surface area contributed by atoms with Gasteiger partial charge in [-0.3, -0.25) is 9.59 Å². The molecule has 0 spiro atoms. The molecule has 2 atom stereocenters. The Balaban J connectivity index is 1.54. The van der Waals surface area contributed by atoms with Gasteiger partial charge in [-0.05, 0) is 35.9 Å². The Labute approximate surface area is 195 Å². The second-order valence-electron chi connectivity index (χ2n) is 8.18. The predicted molar refractivity (Wildman–Crippen MR) is 130 cm³/mol. The summed E-state index contributed by atoms with van der Waals surface area (Å²) in [7, 11) is 0. The number of aromatic nitrogens is 4. The molecule has 2 amide bonds. The van der Waals surface area contributed by atoms with Crippen molar-refractivity contribution in [3.8, 4) is 11.1 Å². The summed E-state index contributed by atoms with van der Waals surface area (Å²) in [6.07, 6.45) is 4.34. The van der Waals surface area contributed by atoms with Crippen molar-refractivity contribution >= 4 is 34.5 Å². The molecule has 5 rings (SSSR count). The number of benzene rings is 1. The highest BCUT2D eigenvalue weighted by Crippen LogP contribution is 2.44. The summed E-state index contributed by atoms with van der Waals surface area (Å²) in [6, 6.07) is 12.5. The summed E-state index contributed by atoms with van der Waals surface area (Å²) in [5, 5.41) is 6.56. The highest BCUT2D eigenvalue weighted by Gasteiger charge is 2.36. The summed E-state index contributed by atoms with van der Waals surface area (Å²) in [5.41, 5.74) is 10.3. The molecule has 0 radical (unpaired) electrons. The molecule has 4 aromatic rings. The lowest BCUT2D eigenvalue weighted by molar-refractivity contribution is -0.117. The molecule has 4 heterocycles. The first-order valence-corrected chi connectivity index (χ1v) is 10.9. The van der Waals surface area contributed by atoms with Crippen LogP contribution in [-0.4, -0.2) is 37.4 Å². The molecule has 170 valence electrons. The summed E-state index contributed by atoms with van der Waals surface area (Å²) in [6.45, 7) is 6.17. The highest BCUT2D eigenvalue weighted by atomic mass is 16.2. The fourth-order valence-corrected chi connectivity index (χ4v) is 4.53. The number of hydrogen-bond donors (Lipinski definition) is 3. The van der Waals surface area contributed by atoms with Crippen LogP contribution < -0.4 is 16.4 Å². The van der Waals surface area contributed by atoms with E-state index in [2.05, 4.69) is 43.7 Å². The van der Waals surface area contributed by atoms with Gasteiger partial charge in [0, 0.05) is 35.5 Å². The van der Waals surface area contributed by atoms with Crippen molar-refractivity contribution in [2.24, 2.45) is 0 Å². The second-order valence-corrected chi connectivity index (χ2v) is 8.18. The molecule has 0 saturated carbocycles. The molecule has 3 aromatic heterocycles. The van der Waals surface area contributed by atoms with E-state index in [-0.39, 0.29) is 23.8 Å². The lowest BCUT2D eigenvalue weighted by Gasteiger charge is -2.17. The Morgan fingerprint density at radius 1 is 1.15 bits per heavy atom. The fourth-order valence-electron chi connectivity index (χ4n) is 4.53. The van der Waals surface area contributed by atoms with Gasteiger partial charge >= 0.3 is 0 Å². The standard InChI is InChI=1S/C25H23N7O2/c1-3-19(33)30-17-12-32-22(14(17)2)20(21-23(26)28-13-29-24(21)32)15-7-9-16(10-8-15)25(34)31-18-6-4-5-11-27-18/h3-11,13-14,17H,1,12H2,2H3,(H,30,33)(H2,26,28,29)(H,27,31,34). The minimum absolute atomic E-state index is 0.000342. The lowest BCUT2D eigenvalue weighted by Crippen LogP contribution is -2.36. The number of rotatable bonds is 5.